The number of aromatic amines is 2. The van der Waals surface area contributed by atoms with E-state index in [4.69, 9.17) is 39.9 Å². The van der Waals surface area contributed by atoms with E-state index in [0.29, 0.717) is 114 Å². The van der Waals surface area contributed by atoms with Gasteiger partial charge in [-0.3, -0.25) is 27.9 Å². The van der Waals surface area contributed by atoms with Gasteiger partial charge < -0.3 is 90.7 Å². The van der Waals surface area contributed by atoms with Crippen molar-refractivity contribution in [1.82, 2.24) is 78.1 Å². The van der Waals surface area contributed by atoms with Crippen molar-refractivity contribution in [3.05, 3.63) is 56.7 Å². The molecule has 4 saturated heterocycles. The highest BCUT2D eigenvalue weighted by atomic mass is 31.2. The Morgan fingerprint density at radius 3 is 1.16 bits per heavy atom. The lowest BCUT2D eigenvalue weighted by atomic mass is 10.1. The molecule has 8 aromatic heterocycles. The molecule has 16 atom stereocenters. The molecule has 0 radical (unpaired) electrons. The quantitative estimate of drug-likeness (QED) is 0.0289. The van der Waals surface area contributed by atoms with E-state index in [2.05, 4.69) is 145 Å². The number of hydrogen-bond donors (Lipinski definition) is 12. The molecular formula is C70H118N18O16P4. The van der Waals surface area contributed by atoms with Crippen LogP contribution in [0, 0.1) is 20.8 Å². The zero-order valence-electron chi connectivity index (χ0n) is 63.2. The predicted octanol–water partition coefficient (Wildman–Crippen LogP) is 4.66. The summed E-state index contributed by atoms with van der Waals surface area (Å²) in [6.07, 6.45) is 15.3. The van der Waals surface area contributed by atoms with Gasteiger partial charge in [0.05, 0.1) is 50.3 Å². The van der Waals surface area contributed by atoms with Crippen LogP contribution in [0.1, 0.15) is 129 Å². The standard InChI is InChI=1S/C18H30N5O4P.C17H28N5O4P.C17H27N4O4P.C16H25N4O4P.2CH4/c1-5-6-8-26-16-12-15(21-18(19)22-16)23(10-20-12)17-14(25)13(24)11(27-17)7-9-28(2,3)4;1-5-7-25-15-11-14(20-17(18)21-15)22(9-19-11)16-13(24)12(23)10(26-16)6-8-27(2,3)4;1-6-11-20-12-15(18-9(2)19-16(12)24)21(11)17-14(23)13(22)10(25-17)7-8-26(3,4)5;1-8-17-14-11(15(23)18-8)19-9(2)20(14)16-13(22)12(21)10(24-16)6-7-25(3,4)5;;/h10-11,13-14,17,24-25H,2,5-9H2,1,3-4H3,(H2,19,21,22);9-10,12-13,16,23-24H,2,5-8H2,1,3-4H3,(H2,18,20,21);10,13-14,17,22-23H,3,6-8H2,1-2,4-5H3,(H,18,19,24);10,12-13,16,21-22H,3,6-7H2,1-2,4-5H3,(H,17,18,23);2*1H4/t11-,13-,14-,17-;10-,12-,13-,16-;10-,13-,14-,17-;10-,12-,13-,16-;;/m1111../s1. The number of aliphatic hydroxyl groups excluding tert-OH is 8. The summed E-state index contributed by atoms with van der Waals surface area (Å²) in [5.74, 6) is 2.70. The Kier molecular flexibility index (Phi) is 30.0. The van der Waals surface area contributed by atoms with Crippen molar-refractivity contribution in [1.29, 1.82) is 0 Å². The number of nitrogens with one attached hydrogen (secondary N) is 2. The van der Waals surface area contributed by atoms with Crippen LogP contribution in [0.2, 0.25) is 0 Å². The van der Waals surface area contributed by atoms with Crippen molar-refractivity contribution in [3.63, 3.8) is 0 Å². The fraction of sp³-hybridized carbons (Fsp3) is 0.657. The molecule has 0 spiro atoms. The lowest BCUT2D eigenvalue weighted by molar-refractivity contribution is -0.0367. The van der Waals surface area contributed by atoms with Crippen molar-refractivity contribution in [2.24, 2.45) is 0 Å². The summed E-state index contributed by atoms with van der Waals surface area (Å²) in [7, 11) is 0. The summed E-state index contributed by atoms with van der Waals surface area (Å²) in [4.78, 5) is 72.2. The van der Waals surface area contributed by atoms with Crippen LogP contribution >= 0.6 is 27.5 Å². The van der Waals surface area contributed by atoms with Gasteiger partial charge in [-0.05, 0) is 137 Å². The van der Waals surface area contributed by atoms with Crippen molar-refractivity contribution in [2.75, 3.05) is 103 Å². The lowest BCUT2D eigenvalue weighted by Crippen LogP contribution is -2.32. The van der Waals surface area contributed by atoms with Gasteiger partial charge in [-0.15, -0.1) is 52.7 Å². The third-order valence-corrected chi connectivity index (χ3v) is 24.3. The molecule has 4 fully saturated rings. The number of aryl methyl sites for hydroxylation is 4. The summed E-state index contributed by atoms with van der Waals surface area (Å²) in [6, 6.07) is 0. The van der Waals surface area contributed by atoms with Crippen LogP contribution in [0.25, 0.3) is 44.7 Å². The zero-order valence-corrected chi connectivity index (χ0v) is 66.7. The summed E-state index contributed by atoms with van der Waals surface area (Å²) < 4.78 is 41.6. The third kappa shape index (κ3) is 21.1. The van der Waals surface area contributed by atoms with Crippen LogP contribution in [0.3, 0.4) is 0 Å². The molecule has 0 aromatic carbocycles. The minimum atomic E-state index is -1.26. The molecular weight excluding hydrogens is 1470 g/mol. The molecule has 0 bridgehead atoms. The highest BCUT2D eigenvalue weighted by Crippen LogP contribution is 2.45. The van der Waals surface area contributed by atoms with Crippen molar-refractivity contribution < 1.29 is 69.3 Å². The minimum Gasteiger partial charge on any atom is -0.476 e. The zero-order chi connectivity index (χ0) is 78.0. The smallest absolute Gasteiger partial charge is 0.279 e. The number of fused-ring (bicyclic) bond motifs is 4. The van der Waals surface area contributed by atoms with Gasteiger partial charge in [0.1, 0.15) is 72.1 Å². The Morgan fingerprint density at radius 2 is 0.796 bits per heavy atom. The van der Waals surface area contributed by atoms with Gasteiger partial charge in [0, 0.05) is 6.42 Å². The van der Waals surface area contributed by atoms with E-state index in [-0.39, 0.29) is 48.9 Å². The minimum absolute atomic E-state index is 0. The Morgan fingerprint density at radius 1 is 0.454 bits per heavy atom. The number of H-pyrrole nitrogens is 2. The molecule has 4 aliphatic rings. The molecule has 12 heterocycles. The molecule has 108 heavy (non-hydrogen) atoms. The molecule has 0 saturated carbocycles. The number of aliphatic hydroxyl groups is 8. The third-order valence-electron chi connectivity index (χ3n) is 18.4. The molecule has 34 nitrogen and oxygen atoms in total. The summed E-state index contributed by atoms with van der Waals surface area (Å²) >= 11 is 0. The number of anilines is 2. The van der Waals surface area contributed by atoms with Crippen LogP contribution in [-0.4, -0.2) is 309 Å². The maximum atomic E-state index is 12.2. The number of nitrogens with two attached hydrogens (primary N) is 2. The maximum Gasteiger partial charge on any atom is 0.279 e. The number of nitrogen functional groups attached to an aromatic ring is 2. The molecule has 604 valence electrons. The van der Waals surface area contributed by atoms with E-state index in [9.17, 15) is 50.4 Å². The number of rotatable bonds is 24. The average molecular weight is 1590 g/mol. The van der Waals surface area contributed by atoms with Gasteiger partial charge in [0.25, 0.3) is 11.1 Å². The van der Waals surface area contributed by atoms with Gasteiger partial charge in [0.2, 0.25) is 23.7 Å². The fourth-order valence-corrected chi connectivity index (χ4v) is 16.5. The fourth-order valence-electron chi connectivity index (χ4n) is 12.7. The summed E-state index contributed by atoms with van der Waals surface area (Å²) in [6.45, 7) is 24.0. The highest BCUT2D eigenvalue weighted by Gasteiger charge is 2.48. The van der Waals surface area contributed by atoms with Gasteiger partial charge in [-0.2, -0.15) is 19.9 Å². The van der Waals surface area contributed by atoms with E-state index < -0.39 is 126 Å². The van der Waals surface area contributed by atoms with E-state index in [1.165, 1.54) is 12.7 Å². The first-order valence-electron chi connectivity index (χ1n) is 35.6. The van der Waals surface area contributed by atoms with Crippen LogP contribution < -0.4 is 32.1 Å². The van der Waals surface area contributed by atoms with E-state index in [1.807, 2.05) is 13.8 Å². The van der Waals surface area contributed by atoms with Crippen molar-refractivity contribution >= 4 is 109 Å². The molecule has 0 aliphatic carbocycles. The normalized spacial score (nSPS) is 25.8. The SMILES string of the molecule is C.C.C=P(C)(C)CC[C@H]1O[C@@H](n2c(C)nc3c(=O)[nH]c(C)nc32)[C@H](O)[C@@H]1O.C=P(C)(C)CC[C@H]1O[C@@H](n2c(CC)nc3c(=O)[nH]c(C)nc32)[C@H](O)[C@@H]1O.C=P(C)(C)CC[C@H]1O[C@@H](n2cnc3c(OCCC)nc(N)nc32)[C@H](O)[C@@H]1O.C=P(C)(C)CC[C@H]1O[C@@H](n2cnc3c(OCCCC)nc(N)nc32)[C@H](O)[C@@H]1O. The second kappa shape index (κ2) is 36.5. The number of hydrogen-bond acceptors (Lipinski definition) is 28. The summed E-state index contributed by atoms with van der Waals surface area (Å²) in [5.41, 5.74) is 13.8. The Labute approximate surface area is 630 Å². The van der Waals surface area contributed by atoms with E-state index in [1.54, 1.807) is 39.0 Å². The van der Waals surface area contributed by atoms with E-state index >= 15 is 0 Å². The molecule has 12 rings (SSSR count). The topological polar surface area (TPSA) is 484 Å². The van der Waals surface area contributed by atoms with Crippen molar-refractivity contribution in [3.8, 4) is 11.8 Å². The maximum absolute atomic E-state index is 12.2. The van der Waals surface area contributed by atoms with Crippen LogP contribution in [-0.2, 0) is 25.4 Å². The van der Waals surface area contributed by atoms with E-state index in [0.717, 1.165) is 43.9 Å². The second-order valence-corrected chi connectivity index (χ2v) is 47.7. The monoisotopic (exact) mass is 1590 g/mol. The van der Waals surface area contributed by atoms with Crippen LogP contribution in [0.4, 0.5) is 11.9 Å². The Bertz CT molecular complexity index is 4690. The first-order valence-corrected chi connectivity index (χ1v) is 47.8. The number of nitrogens with zero attached hydrogens (tertiary/aromatic N) is 14. The van der Waals surface area contributed by atoms with Gasteiger partial charge >= 0.3 is 0 Å². The average Bonchev–Trinajstić information content (AvgIpc) is 1.62. The van der Waals surface area contributed by atoms with Crippen LogP contribution in [0.15, 0.2) is 22.2 Å². The molecule has 38 heteroatoms. The number of ether oxygens (including phenoxy) is 6. The molecule has 14 N–H and O–H groups in total. The molecule has 8 aromatic rings. The number of unbranched alkanes of at least 4 members (excludes halogenated alkanes) is 1. The van der Waals surface area contributed by atoms with Crippen molar-refractivity contribution in [2.45, 2.75) is 206 Å². The lowest BCUT2D eigenvalue weighted by Gasteiger charge is -2.19. The Balaban J connectivity index is 0.000000199. The van der Waals surface area contributed by atoms with Crippen LogP contribution in [0.5, 0.6) is 11.8 Å². The summed E-state index contributed by atoms with van der Waals surface area (Å²) in [5, 5.41) is 83.9. The number of imidazole rings is 4. The molecule has 0 unspecified atom stereocenters. The van der Waals surface area contributed by atoms with Gasteiger partial charge in [-0.1, -0.05) is 42.0 Å². The Hall–Kier alpha value is -6.28. The first kappa shape index (κ1) is 88.9. The molecule has 4 aliphatic heterocycles. The van der Waals surface area contributed by atoms with Gasteiger partial charge in [-0.25, -0.2) is 29.9 Å². The molecule has 0 amide bonds. The van der Waals surface area contributed by atoms with Gasteiger partial charge in [0.15, 0.2) is 69.6 Å². The predicted molar refractivity (Wildman–Crippen MR) is 434 cm³/mol. The first-order chi connectivity index (χ1) is 49.6. The largest absolute Gasteiger partial charge is 0.476 e. The second-order valence-electron chi connectivity index (χ2n) is 30.4. The highest BCUT2D eigenvalue weighted by molar-refractivity contribution is 7.73. The number of aromatic nitrogens is 16.